The molecule has 1 aromatic carbocycles. The number of aryl methyl sites for hydroxylation is 1. The second-order valence-electron chi connectivity index (χ2n) is 5.57. The van der Waals surface area contributed by atoms with Crippen molar-refractivity contribution in [2.24, 2.45) is 0 Å². The van der Waals surface area contributed by atoms with Crippen LogP contribution in [0, 0.1) is 6.92 Å². The summed E-state index contributed by atoms with van der Waals surface area (Å²) in [4.78, 5) is 11.9. The smallest absolute Gasteiger partial charge is 0.230 e. The molecule has 0 spiro atoms. The zero-order valence-corrected chi connectivity index (χ0v) is 15.1. The number of nitrogens with zero attached hydrogens (tertiary/aromatic N) is 3. The van der Waals surface area contributed by atoms with Crippen LogP contribution >= 0.6 is 11.8 Å². The molecule has 0 radical (unpaired) electrons. The summed E-state index contributed by atoms with van der Waals surface area (Å²) in [6, 6.07) is 8.15. The maximum absolute atomic E-state index is 11.9. The van der Waals surface area contributed by atoms with Gasteiger partial charge in [-0.05, 0) is 19.4 Å². The van der Waals surface area contributed by atoms with Crippen molar-refractivity contribution in [1.29, 1.82) is 0 Å². The first-order chi connectivity index (χ1) is 11.7. The molecule has 0 aliphatic carbocycles. The Morgan fingerprint density at radius 1 is 1.42 bits per heavy atom. The maximum atomic E-state index is 11.9. The van der Waals surface area contributed by atoms with Gasteiger partial charge in [0.15, 0.2) is 11.0 Å². The van der Waals surface area contributed by atoms with Crippen molar-refractivity contribution in [3.05, 3.63) is 42.5 Å². The third-order valence-electron chi connectivity index (χ3n) is 3.49. The molecule has 0 aliphatic rings. The first-order valence-electron chi connectivity index (χ1n) is 8.16. The zero-order chi connectivity index (χ0) is 17.4. The number of amides is 1. The third kappa shape index (κ3) is 4.96. The van der Waals surface area contributed by atoms with Crippen molar-refractivity contribution in [2.45, 2.75) is 38.4 Å². The number of aromatic nitrogens is 3. The molecule has 128 valence electrons. The van der Waals surface area contributed by atoms with E-state index in [4.69, 9.17) is 0 Å². The first-order valence-corrected chi connectivity index (χ1v) is 9.15. The fourth-order valence-corrected chi connectivity index (χ4v) is 3.05. The maximum Gasteiger partial charge on any atom is 0.230 e. The normalized spacial score (nSPS) is 10.6. The molecule has 1 N–H and O–H groups in total. The van der Waals surface area contributed by atoms with E-state index in [0.717, 1.165) is 35.9 Å². The van der Waals surface area contributed by atoms with Crippen LogP contribution in [0.3, 0.4) is 0 Å². The van der Waals surface area contributed by atoms with Crippen molar-refractivity contribution in [2.75, 3.05) is 12.3 Å². The fourth-order valence-electron chi connectivity index (χ4n) is 2.27. The van der Waals surface area contributed by atoms with Crippen molar-refractivity contribution < 1.29 is 4.79 Å². The summed E-state index contributed by atoms with van der Waals surface area (Å²) in [7, 11) is 0. The van der Waals surface area contributed by atoms with Crippen LogP contribution in [0.25, 0.3) is 11.4 Å². The Morgan fingerprint density at radius 3 is 2.96 bits per heavy atom. The minimum Gasteiger partial charge on any atom is -0.355 e. The number of hydrogen-bond donors (Lipinski definition) is 1. The van der Waals surface area contributed by atoms with Crippen molar-refractivity contribution >= 4 is 17.7 Å². The van der Waals surface area contributed by atoms with Gasteiger partial charge >= 0.3 is 0 Å². The summed E-state index contributed by atoms with van der Waals surface area (Å²) in [5.74, 6) is 1.17. The van der Waals surface area contributed by atoms with Gasteiger partial charge in [0.25, 0.3) is 0 Å². The Kier molecular flexibility index (Phi) is 7.06. The molecule has 1 heterocycles. The zero-order valence-electron chi connectivity index (χ0n) is 14.3. The number of nitrogens with one attached hydrogen (secondary N) is 1. The summed E-state index contributed by atoms with van der Waals surface area (Å²) in [6.45, 7) is 9.29. The fraction of sp³-hybridized carbons (Fsp3) is 0.389. The van der Waals surface area contributed by atoms with Crippen molar-refractivity contribution in [3.8, 4) is 11.4 Å². The molecule has 0 fully saturated rings. The van der Waals surface area contributed by atoms with E-state index in [1.807, 2.05) is 35.8 Å². The molecule has 6 heteroatoms. The number of carbonyl (C=O) groups excluding carboxylic acids is 1. The predicted octanol–water partition coefficient (Wildman–Crippen LogP) is 3.45. The van der Waals surface area contributed by atoms with Crippen LogP contribution in [0.15, 0.2) is 42.1 Å². The number of allylic oxidation sites excluding steroid dienone is 1. The average Bonchev–Trinajstić information content (AvgIpc) is 2.96. The Bertz CT molecular complexity index is 696. The highest BCUT2D eigenvalue weighted by atomic mass is 32.2. The molecule has 0 saturated carbocycles. The monoisotopic (exact) mass is 344 g/mol. The summed E-state index contributed by atoms with van der Waals surface area (Å²) in [5, 5.41) is 12.2. The molecule has 1 amide bonds. The first kappa shape index (κ1) is 18.3. The molecule has 0 aliphatic heterocycles. The van der Waals surface area contributed by atoms with Crippen molar-refractivity contribution in [3.63, 3.8) is 0 Å². The van der Waals surface area contributed by atoms with Gasteiger partial charge in [0, 0.05) is 18.7 Å². The van der Waals surface area contributed by atoms with E-state index in [-0.39, 0.29) is 5.91 Å². The second-order valence-corrected chi connectivity index (χ2v) is 6.51. The highest BCUT2D eigenvalue weighted by Gasteiger charge is 2.14. The SMILES string of the molecule is C=CCn1c(SCC(=O)NCCCC)nnc1-c1cccc(C)c1. The lowest BCUT2D eigenvalue weighted by Crippen LogP contribution is -2.26. The lowest BCUT2D eigenvalue weighted by atomic mass is 10.1. The van der Waals surface area contributed by atoms with Gasteiger partial charge in [-0.25, -0.2) is 0 Å². The van der Waals surface area contributed by atoms with E-state index in [1.165, 1.54) is 17.3 Å². The summed E-state index contributed by atoms with van der Waals surface area (Å²) < 4.78 is 1.99. The number of hydrogen-bond acceptors (Lipinski definition) is 4. The van der Waals surface area contributed by atoms with Gasteiger partial charge in [-0.3, -0.25) is 9.36 Å². The van der Waals surface area contributed by atoms with Gasteiger partial charge in [-0.1, -0.05) is 54.9 Å². The quantitative estimate of drug-likeness (QED) is 0.430. The molecular weight excluding hydrogens is 320 g/mol. The van der Waals surface area contributed by atoms with Crippen LogP contribution in [-0.2, 0) is 11.3 Å². The van der Waals surface area contributed by atoms with E-state index in [2.05, 4.69) is 35.1 Å². The van der Waals surface area contributed by atoms with Crippen LogP contribution in [0.2, 0.25) is 0 Å². The van der Waals surface area contributed by atoms with Gasteiger partial charge in [-0.15, -0.1) is 16.8 Å². The van der Waals surface area contributed by atoms with E-state index < -0.39 is 0 Å². The van der Waals surface area contributed by atoms with E-state index in [1.54, 1.807) is 0 Å². The highest BCUT2D eigenvalue weighted by Crippen LogP contribution is 2.24. The Labute approximate surface area is 147 Å². The molecule has 0 bridgehead atoms. The standard InChI is InChI=1S/C18H24N4OS/c1-4-6-10-19-16(23)13-24-18-21-20-17(22(18)11-5-2)15-9-7-8-14(3)12-15/h5,7-9,12H,2,4,6,10-11,13H2,1,3H3,(H,19,23). The third-order valence-corrected chi connectivity index (χ3v) is 4.46. The number of carbonyl (C=O) groups is 1. The van der Waals surface area contributed by atoms with Crippen LogP contribution in [0.5, 0.6) is 0 Å². The van der Waals surface area contributed by atoms with Gasteiger partial charge in [0.1, 0.15) is 0 Å². The van der Waals surface area contributed by atoms with Crippen molar-refractivity contribution in [1.82, 2.24) is 20.1 Å². The molecule has 0 atom stereocenters. The highest BCUT2D eigenvalue weighted by molar-refractivity contribution is 7.99. The second kappa shape index (κ2) is 9.27. The molecule has 1 aromatic heterocycles. The van der Waals surface area contributed by atoms with Crippen LogP contribution in [0.4, 0.5) is 0 Å². The van der Waals surface area contributed by atoms with Gasteiger partial charge in [-0.2, -0.15) is 0 Å². The average molecular weight is 344 g/mol. The van der Waals surface area contributed by atoms with Gasteiger partial charge in [0.2, 0.25) is 5.91 Å². The van der Waals surface area contributed by atoms with E-state index >= 15 is 0 Å². The summed E-state index contributed by atoms with van der Waals surface area (Å²) >= 11 is 1.40. The topological polar surface area (TPSA) is 59.8 Å². The molecular formula is C18H24N4OS. The van der Waals surface area contributed by atoms with Gasteiger partial charge < -0.3 is 5.32 Å². The Hall–Kier alpha value is -2.08. The van der Waals surface area contributed by atoms with E-state index in [9.17, 15) is 4.79 Å². The summed E-state index contributed by atoms with van der Waals surface area (Å²) in [6.07, 6.45) is 3.88. The van der Waals surface area contributed by atoms with Crippen LogP contribution in [-0.4, -0.2) is 33.0 Å². The number of rotatable bonds is 9. The molecule has 2 aromatic rings. The number of benzene rings is 1. The lowest BCUT2D eigenvalue weighted by molar-refractivity contribution is -0.118. The Balaban J connectivity index is 2.10. The largest absolute Gasteiger partial charge is 0.355 e. The van der Waals surface area contributed by atoms with Gasteiger partial charge in [0.05, 0.1) is 5.75 Å². The molecule has 24 heavy (non-hydrogen) atoms. The molecule has 2 rings (SSSR count). The molecule has 0 saturated heterocycles. The van der Waals surface area contributed by atoms with Crippen LogP contribution < -0.4 is 5.32 Å². The molecule has 5 nitrogen and oxygen atoms in total. The minimum atomic E-state index is 0.0266. The number of unbranched alkanes of at least 4 members (excludes halogenated alkanes) is 1. The molecule has 0 unspecified atom stereocenters. The van der Waals surface area contributed by atoms with Crippen LogP contribution in [0.1, 0.15) is 25.3 Å². The minimum absolute atomic E-state index is 0.0266. The predicted molar refractivity (Wildman–Crippen MR) is 99.0 cm³/mol. The Morgan fingerprint density at radius 2 is 2.25 bits per heavy atom. The van der Waals surface area contributed by atoms with E-state index in [0.29, 0.717) is 12.3 Å². The summed E-state index contributed by atoms with van der Waals surface area (Å²) in [5.41, 5.74) is 2.19. The number of thioether (sulfide) groups is 1. The lowest BCUT2D eigenvalue weighted by Gasteiger charge is -2.08.